The zero-order valence-corrected chi connectivity index (χ0v) is 9.21. The van der Waals surface area contributed by atoms with Crippen molar-refractivity contribution < 1.29 is 9.32 Å². The molecule has 1 fully saturated rings. The second kappa shape index (κ2) is 4.23. The van der Waals surface area contributed by atoms with E-state index < -0.39 is 0 Å². The van der Waals surface area contributed by atoms with Gasteiger partial charge in [-0.05, 0) is 41.9 Å². The van der Waals surface area contributed by atoms with Gasteiger partial charge in [0.15, 0.2) is 16.6 Å². The number of carbonyl (C=O) groups excluding carboxylic acids is 1. The molecule has 2 rings (SSSR count). The summed E-state index contributed by atoms with van der Waals surface area (Å²) in [5.41, 5.74) is 0.567. The number of nitrogens with zero attached hydrogens (tertiary/aromatic N) is 1. The van der Waals surface area contributed by atoms with Crippen LogP contribution in [0.5, 0.6) is 0 Å². The standard InChI is InChI=1S/C9H11BrN2O2/c10-9-7(5-13)8(14-12-9)6-1-3-11-4-2-6/h5-6,11H,1-4H2. The van der Waals surface area contributed by atoms with Crippen molar-refractivity contribution >= 4 is 22.2 Å². The lowest BCUT2D eigenvalue weighted by atomic mass is 9.93. The van der Waals surface area contributed by atoms with Crippen molar-refractivity contribution in [3.63, 3.8) is 0 Å². The smallest absolute Gasteiger partial charge is 0.160 e. The maximum absolute atomic E-state index is 10.8. The van der Waals surface area contributed by atoms with Gasteiger partial charge in [-0.25, -0.2) is 0 Å². The molecule has 1 aromatic heterocycles. The van der Waals surface area contributed by atoms with Gasteiger partial charge < -0.3 is 9.84 Å². The first-order valence-corrected chi connectivity index (χ1v) is 5.43. The van der Waals surface area contributed by atoms with Crippen LogP contribution in [0.15, 0.2) is 9.13 Å². The minimum absolute atomic E-state index is 0.329. The highest BCUT2D eigenvalue weighted by Gasteiger charge is 2.24. The van der Waals surface area contributed by atoms with E-state index in [1.165, 1.54) is 0 Å². The zero-order chi connectivity index (χ0) is 9.97. The fraction of sp³-hybridized carbons (Fsp3) is 0.556. The predicted octanol–water partition coefficient (Wildman–Crippen LogP) is 1.72. The maximum atomic E-state index is 10.8. The molecule has 1 saturated heterocycles. The highest BCUT2D eigenvalue weighted by Crippen LogP contribution is 2.30. The van der Waals surface area contributed by atoms with Gasteiger partial charge in [-0.2, -0.15) is 0 Å². The van der Waals surface area contributed by atoms with Crippen molar-refractivity contribution in [2.24, 2.45) is 0 Å². The molecule has 0 amide bonds. The first-order valence-electron chi connectivity index (χ1n) is 4.64. The highest BCUT2D eigenvalue weighted by molar-refractivity contribution is 9.10. The Labute approximate surface area is 90.2 Å². The Morgan fingerprint density at radius 2 is 2.21 bits per heavy atom. The summed E-state index contributed by atoms with van der Waals surface area (Å²) in [6.45, 7) is 1.95. The number of nitrogens with one attached hydrogen (secondary N) is 1. The molecule has 76 valence electrons. The molecule has 4 nitrogen and oxygen atoms in total. The molecule has 5 heteroatoms. The fourth-order valence-corrected chi connectivity index (χ4v) is 2.14. The Morgan fingerprint density at radius 3 is 2.86 bits per heavy atom. The summed E-state index contributed by atoms with van der Waals surface area (Å²) in [5.74, 6) is 1.06. The number of carbonyl (C=O) groups is 1. The van der Waals surface area contributed by atoms with E-state index in [2.05, 4.69) is 26.4 Å². The quantitative estimate of drug-likeness (QED) is 0.821. The molecule has 0 atom stereocenters. The van der Waals surface area contributed by atoms with Crippen molar-refractivity contribution in [3.05, 3.63) is 15.9 Å². The Hall–Kier alpha value is -0.680. The van der Waals surface area contributed by atoms with Gasteiger partial charge >= 0.3 is 0 Å². The maximum Gasteiger partial charge on any atom is 0.160 e. The van der Waals surface area contributed by atoms with E-state index >= 15 is 0 Å². The fourth-order valence-electron chi connectivity index (χ4n) is 1.77. The van der Waals surface area contributed by atoms with Gasteiger partial charge in [-0.15, -0.1) is 0 Å². The van der Waals surface area contributed by atoms with E-state index in [1.807, 2.05) is 0 Å². The summed E-state index contributed by atoms with van der Waals surface area (Å²) in [5, 5.41) is 7.02. The molecule has 0 aliphatic carbocycles. The van der Waals surface area contributed by atoms with Gasteiger partial charge in [-0.1, -0.05) is 5.16 Å². The molecule has 0 spiro atoms. The van der Waals surface area contributed by atoms with Gasteiger partial charge in [0.25, 0.3) is 0 Å². The number of hydrogen-bond donors (Lipinski definition) is 1. The highest BCUT2D eigenvalue weighted by atomic mass is 79.9. The normalized spacial score (nSPS) is 18.4. The van der Waals surface area contributed by atoms with E-state index in [0.29, 0.717) is 16.1 Å². The Bertz CT molecular complexity index is 332. The molecule has 1 aliphatic heterocycles. The molecule has 1 aliphatic rings. The third-order valence-corrected chi connectivity index (χ3v) is 3.11. The number of piperidine rings is 1. The van der Waals surface area contributed by atoms with Crippen molar-refractivity contribution in [2.45, 2.75) is 18.8 Å². The third kappa shape index (κ3) is 1.74. The lowest BCUT2D eigenvalue weighted by molar-refractivity contribution is 0.112. The second-order valence-corrected chi connectivity index (χ2v) is 4.14. The Kier molecular flexibility index (Phi) is 2.98. The first kappa shape index (κ1) is 9.86. The van der Waals surface area contributed by atoms with Crippen LogP contribution in [0.4, 0.5) is 0 Å². The van der Waals surface area contributed by atoms with Crippen molar-refractivity contribution in [2.75, 3.05) is 13.1 Å². The van der Waals surface area contributed by atoms with Gasteiger partial charge in [0, 0.05) is 5.92 Å². The molecule has 0 bridgehead atoms. The molecular weight excluding hydrogens is 248 g/mol. The largest absolute Gasteiger partial charge is 0.359 e. The van der Waals surface area contributed by atoms with Gasteiger partial charge in [0.05, 0.1) is 5.56 Å². The van der Waals surface area contributed by atoms with Gasteiger partial charge in [-0.3, -0.25) is 4.79 Å². The van der Waals surface area contributed by atoms with Crippen LogP contribution in [0.3, 0.4) is 0 Å². The summed E-state index contributed by atoms with van der Waals surface area (Å²) in [7, 11) is 0. The van der Waals surface area contributed by atoms with E-state index in [9.17, 15) is 4.79 Å². The first-order chi connectivity index (χ1) is 6.83. The van der Waals surface area contributed by atoms with Crippen LogP contribution in [-0.4, -0.2) is 24.5 Å². The number of aromatic nitrogens is 1. The number of halogens is 1. The summed E-state index contributed by atoms with van der Waals surface area (Å²) >= 11 is 3.19. The van der Waals surface area contributed by atoms with E-state index in [1.54, 1.807) is 0 Å². The molecule has 0 aromatic carbocycles. The molecule has 1 aromatic rings. The van der Waals surface area contributed by atoms with Crippen LogP contribution in [0.25, 0.3) is 0 Å². The Morgan fingerprint density at radius 1 is 1.50 bits per heavy atom. The van der Waals surface area contributed by atoms with Crippen molar-refractivity contribution in [3.8, 4) is 0 Å². The predicted molar refractivity (Wildman–Crippen MR) is 54.4 cm³/mol. The minimum atomic E-state index is 0.329. The van der Waals surface area contributed by atoms with Crippen LogP contribution >= 0.6 is 15.9 Å². The second-order valence-electron chi connectivity index (χ2n) is 3.39. The number of aldehydes is 1. The molecule has 2 heterocycles. The molecular formula is C9H11BrN2O2. The van der Waals surface area contributed by atoms with Gasteiger partial charge in [0.1, 0.15) is 0 Å². The van der Waals surface area contributed by atoms with Crippen LogP contribution in [0.2, 0.25) is 0 Å². The lowest BCUT2D eigenvalue weighted by Crippen LogP contribution is -2.26. The van der Waals surface area contributed by atoms with Crippen LogP contribution in [-0.2, 0) is 0 Å². The molecule has 0 radical (unpaired) electrons. The summed E-state index contributed by atoms with van der Waals surface area (Å²) in [6, 6.07) is 0. The average molecular weight is 259 g/mol. The molecule has 14 heavy (non-hydrogen) atoms. The number of rotatable bonds is 2. The van der Waals surface area contributed by atoms with Crippen LogP contribution in [0.1, 0.15) is 34.9 Å². The zero-order valence-electron chi connectivity index (χ0n) is 7.62. The molecule has 1 N–H and O–H groups in total. The van der Waals surface area contributed by atoms with Crippen LogP contribution < -0.4 is 5.32 Å². The van der Waals surface area contributed by atoms with Crippen LogP contribution in [0, 0.1) is 0 Å². The summed E-state index contributed by atoms with van der Waals surface area (Å²) in [6.07, 6.45) is 2.81. The SMILES string of the molecule is O=Cc1c(Br)noc1C1CCNCC1. The topological polar surface area (TPSA) is 55.1 Å². The Balaban J connectivity index is 2.25. The molecule has 0 unspecified atom stereocenters. The van der Waals surface area contributed by atoms with E-state index in [0.717, 1.165) is 38.0 Å². The van der Waals surface area contributed by atoms with Crippen molar-refractivity contribution in [1.82, 2.24) is 10.5 Å². The number of hydrogen-bond acceptors (Lipinski definition) is 4. The van der Waals surface area contributed by atoms with E-state index in [-0.39, 0.29) is 0 Å². The van der Waals surface area contributed by atoms with E-state index in [4.69, 9.17) is 4.52 Å². The van der Waals surface area contributed by atoms with Crippen molar-refractivity contribution in [1.29, 1.82) is 0 Å². The third-order valence-electron chi connectivity index (χ3n) is 2.54. The summed E-state index contributed by atoms with van der Waals surface area (Å²) < 4.78 is 5.68. The monoisotopic (exact) mass is 258 g/mol. The average Bonchev–Trinajstić information content (AvgIpc) is 2.61. The molecule has 0 saturated carbocycles. The minimum Gasteiger partial charge on any atom is -0.359 e. The van der Waals surface area contributed by atoms with Gasteiger partial charge in [0.2, 0.25) is 0 Å². The lowest BCUT2D eigenvalue weighted by Gasteiger charge is -2.20. The summed E-state index contributed by atoms with van der Waals surface area (Å²) in [4.78, 5) is 10.8.